The number of rotatable bonds is 4. The zero-order chi connectivity index (χ0) is 22.5. The number of benzene rings is 2. The number of aryl methyl sites for hydroxylation is 1. The Balaban J connectivity index is 1.52. The van der Waals surface area contributed by atoms with Gasteiger partial charge in [0.15, 0.2) is 5.65 Å². The Morgan fingerprint density at radius 3 is 2.38 bits per heavy atom. The van der Waals surface area contributed by atoms with Gasteiger partial charge < -0.3 is 4.74 Å². The second-order valence-electron chi connectivity index (χ2n) is 9.15. The van der Waals surface area contributed by atoms with Gasteiger partial charge in [-0.25, -0.2) is 14.3 Å². The van der Waals surface area contributed by atoms with E-state index in [0.29, 0.717) is 24.0 Å². The maximum atomic E-state index is 13.3. The molecule has 0 N–H and O–H groups in total. The van der Waals surface area contributed by atoms with Crippen molar-refractivity contribution in [2.24, 2.45) is 12.5 Å². The van der Waals surface area contributed by atoms with E-state index in [-0.39, 0.29) is 11.1 Å². The molecule has 0 atom stereocenters. The number of pyridine rings is 1. The monoisotopic (exact) mass is 427 g/mol. The molecule has 3 aromatic heterocycles. The highest BCUT2D eigenvalue weighted by molar-refractivity contribution is 5.76. The summed E-state index contributed by atoms with van der Waals surface area (Å²) in [6.45, 7) is 6.96. The molecular formula is C25H25N5O2. The molecule has 0 fully saturated rings. The summed E-state index contributed by atoms with van der Waals surface area (Å²) >= 11 is 0. The van der Waals surface area contributed by atoms with E-state index in [2.05, 4.69) is 30.7 Å². The van der Waals surface area contributed by atoms with Gasteiger partial charge in [-0.05, 0) is 53.9 Å². The summed E-state index contributed by atoms with van der Waals surface area (Å²) in [4.78, 5) is 22.4. The highest BCUT2D eigenvalue weighted by Crippen LogP contribution is 2.26. The van der Waals surface area contributed by atoms with Gasteiger partial charge in [-0.1, -0.05) is 32.9 Å². The lowest BCUT2D eigenvalue weighted by Gasteiger charge is -2.18. The molecule has 162 valence electrons. The van der Waals surface area contributed by atoms with Crippen molar-refractivity contribution in [1.82, 2.24) is 23.7 Å². The van der Waals surface area contributed by atoms with E-state index >= 15 is 0 Å². The van der Waals surface area contributed by atoms with Gasteiger partial charge in [-0.15, -0.1) is 0 Å². The van der Waals surface area contributed by atoms with E-state index in [0.717, 1.165) is 22.2 Å². The number of ether oxygens (including phenoxy) is 1. The summed E-state index contributed by atoms with van der Waals surface area (Å²) < 4.78 is 11.4. The van der Waals surface area contributed by atoms with Crippen molar-refractivity contribution < 1.29 is 4.74 Å². The van der Waals surface area contributed by atoms with Crippen molar-refractivity contribution in [3.8, 4) is 17.4 Å². The summed E-state index contributed by atoms with van der Waals surface area (Å²) in [5.41, 5.74) is 3.95. The molecule has 0 saturated carbocycles. The Kier molecular flexibility index (Phi) is 4.62. The van der Waals surface area contributed by atoms with Gasteiger partial charge in [0.1, 0.15) is 5.75 Å². The maximum absolute atomic E-state index is 13.3. The van der Waals surface area contributed by atoms with Crippen LogP contribution in [0.1, 0.15) is 20.8 Å². The van der Waals surface area contributed by atoms with Crippen LogP contribution >= 0.6 is 0 Å². The van der Waals surface area contributed by atoms with Gasteiger partial charge in [0.25, 0.3) is 0 Å². The van der Waals surface area contributed by atoms with Gasteiger partial charge in [-0.2, -0.15) is 4.98 Å². The lowest BCUT2D eigenvalue weighted by atomic mass is 9.97. The molecular weight excluding hydrogens is 402 g/mol. The quantitative estimate of drug-likeness (QED) is 0.409. The first-order chi connectivity index (χ1) is 15.3. The first kappa shape index (κ1) is 20.1. The Bertz CT molecular complexity index is 1480. The first-order valence-electron chi connectivity index (χ1n) is 10.6. The standard InChI is InChI=1S/C25H25N5O2/c1-25(2,3)16-29-21-10-7-15-26-22(21)30(24(29)31)17-11-13-18(14-12-17)32-23-27-19-8-5-6-9-20(19)28(23)4/h5-15H,16H2,1-4H3. The van der Waals surface area contributed by atoms with Gasteiger partial charge in [0.2, 0.25) is 0 Å². The predicted octanol–water partition coefficient (Wildman–Crippen LogP) is 4.91. The summed E-state index contributed by atoms with van der Waals surface area (Å²) in [6, 6.07) is 19.6. The summed E-state index contributed by atoms with van der Waals surface area (Å²) in [7, 11) is 1.92. The molecule has 0 aliphatic carbocycles. The van der Waals surface area contributed by atoms with Crippen LogP contribution in [0.2, 0.25) is 0 Å². The van der Waals surface area contributed by atoms with Crippen LogP contribution in [0.25, 0.3) is 27.9 Å². The SMILES string of the molecule is Cn1c(Oc2ccc(-n3c(=O)n(CC(C)(C)C)c4cccnc43)cc2)nc2ccccc21. The Labute approximate surface area is 185 Å². The topological polar surface area (TPSA) is 66.9 Å². The van der Waals surface area contributed by atoms with Crippen molar-refractivity contribution in [2.45, 2.75) is 27.3 Å². The van der Waals surface area contributed by atoms with Crippen LogP contribution in [0, 0.1) is 5.41 Å². The molecule has 5 rings (SSSR count). The van der Waals surface area contributed by atoms with E-state index in [1.54, 1.807) is 15.3 Å². The minimum Gasteiger partial charge on any atom is -0.425 e. The van der Waals surface area contributed by atoms with Crippen LogP contribution in [0.15, 0.2) is 71.7 Å². The number of hydrogen-bond donors (Lipinski definition) is 0. The zero-order valence-electron chi connectivity index (χ0n) is 18.6. The molecule has 0 aliphatic rings. The molecule has 0 radical (unpaired) electrons. The average molecular weight is 428 g/mol. The summed E-state index contributed by atoms with van der Waals surface area (Å²) in [5, 5.41) is 0. The predicted molar refractivity (Wildman–Crippen MR) is 126 cm³/mol. The zero-order valence-corrected chi connectivity index (χ0v) is 18.6. The van der Waals surface area contributed by atoms with E-state index < -0.39 is 0 Å². The number of imidazole rings is 2. The molecule has 32 heavy (non-hydrogen) atoms. The number of aromatic nitrogens is 5. The lowest BCUT2D eigenvalue weighted by Crippen LogP contribution is -2.28. The molecule has 7 heteroatoms. The fourth-order valence-electron chi connectivity index (χ4n) is 3.93. The van der Waals surface area contributed by atoms with Crippen molar-refractivity contribution >= 4 is 22.2 Å². The fourth-order valence-corrected chi connectivity index (χ4v) is 3.93. The van der Waals surface area contributed by atoms with Gasteiger partial charge in [-0.3, -0.25) is 9.13 Å². The molecule has 0 spiro atoms. The van der Waals surface area contributed by atoms with E-state index in [9.17, 15) is 4.79 Å². The van der Waals surface area contributed by atoms with Crippen molar-refractivity contribution in [2.75, 3.05) is 0 Å². The third-order valence-electron chi connectivity index (χ3n) is 5.37. The number of fused-ring (bicyclic) bond motifs is 2. The van der Waals surface area contributed by atoms with E-state index in [1.807, 2.05) is 72.3 Å². The van der Waals surface area contributed by atoms with Crippen molar-refractivity contribution in [3.05, 3.63) is 77.3 Å². The van der Waals surface area contributed by atoms with Crippen LogP contribution in [0.4, 0.5) is 0 Å². The molecule has 7 nitrogen and oxygen atoms in total. The number of para-hydroxylation sites is 2. The van der Waals surface area contributed by atoms with Gasteiger partial charge >= 0.3 is 11.7 Å². The summed E-state index contributed by atoms with van der Waals surface area (Å²) in [6.07, 6.45) is 1.71. The average Bonchev–Trinajstić information content (AvgIpc) is 3.22. The Morgan fingerprint density at radius 1 is 0.938 bits per heavy atom. The third-order valence-corrected chi connectivity index (χ3v) is 5.37. The summed E-state index contributed by atoms with van der Waals surface area (Å²) in [5.74, 6) is 0.645. The van der Waals surface area contributed by atoms with Crippen LogP contribution in [0.3, 0.4) is 0 Å². The minimum absolute atomic E-state index is 0.0396. The van der Waals surface area contributed by atoms with Crippen LogP contribution < -0.4 is 10.4 Å². The lowest BCUT2D eigenvalue weighted by molar-refractivity contribution is 0.343. The van der Waals surface area contributed by atoms with Gasteiger partial charge in [0, 0.05) is 19.8 Å². The minimum atomic E-state index is -0.0994. The normalized spacial score (nSPS) is 12.0. The van der Waals surface area contributed by atoms with Gasteiger partial charge in [0.05, 0.1) is 22.2 Å². The third kappa shape index (κ3) is 3.45. The molecule has 5 aromatic rings. The first-order valence-corrected chi connectivity index (χ1v) is 10.6. The molecule has 0 amide bonds. The van der Waals surface area contributed by atoms with Crippen molar-refractivity contribution in [3.63, 3.8) is 0 Å². The molecule has 0 aliphatic heterocycles. The van der Waals surface area contributed by atoms with E-state index in [4.69, 9.17) is 4.74 Å². The van der Waals surface area contributed by atoms with Crippen LogP contribution in [-0.4, -0.2) is 23.7 Å². The van der Waals surface area contributed by atoms with Crippen LogP contribution in [0.5, 0.6) is 11.8 Å². The molecule has 2 aromatic carbocycles. The van der Waals surface area contributed by atoms with E-state index in [1.165, 1.54) is 0 Å². The second-order valence-corrected chi connectivity index (χ2v) is 9.15. The molecule has 0 unspecified atom stereocenters. The van der Waals surface area contributed by atoms with Crippen LogP contribution in [-0.2, 0) is 13.6 Å². The molecule has 0 saturated heterocycles. The van der Waals surface area contributed by atoms with Crippen molar-refractivity contribution in [1.29, 1.82) is 0 Å². The fraction of sp³-hybridized carbons (Fsp3) is 0.240. The second kappa shape index (κ2) is 7.37. The smallest absolute Gasteiger partial charge is 0.334 e. The maximum Gasteiger partial charge on any atom is 0.334 e. The highest BCUT2D eigenvalue weighted by atomic mass is 16.5. The molecule has 0 bridgehead atoms. The number of nitrogens with zero attached hydrogens (tertiary/aromatic N) is 5. The molecule has 3 heterocycles. The highest BCUT2D eigenvalue weighted by Gasteiger charge is 2.20. The Hall–Kier alpha value is -3.87. The largest absolute Gasteiger partial charge is 0.425 e. The number of hydrogen-bond acceptors (Lipinski definition) is 4. The Morgan fingerprint density at radius 2 is 1.66 bits per heavy atom.